The van der Waals surface area contributed by atoms with E-state index < -0.39 is 5.97 Å². The molecule has 1 amide bonds. The average Bonchev–Trinajstić information content (AvgIpc) is 3.15. The molecule has 0 radical (unpaired) electrons. The first-order valence-electron chi connectivity index (χ1n) is 6.48. The maximum atomic E-state index is 12.3. The molecule has 0 unspecified atom stereocenters. The van der Waals surface area contributed by atoms with E-state index in [9.17, 15) is 9.59 Å². The van der Waals surface area contributed by atoms with Gasteiger partial charge >= 0.3 is 5.97 Å². The molecule has 1 fully saturated rings. The van der Waals surface area contributed by atoms with Crippen molar-refractivity contribution in [3.63, 3.8) is 0 Å². The second kappa shape index (κ2) is 6.48. The van der Waals surface area contributed by atoms with Crippen LogP contribution in [0.2, 0.25) is 0 Å². The number of carbonyl (C=O) groups excluding carboxylic acids is 2. The van der Waals surface area contributed by atoms with E-state index in [0.717, 1.165) is 24.2 Å². The van der Waals surface area contributed by atoms with Crippen LogP contribution < -0.4 is 0 Å². The van der Waals surface area contributed by atoms with Gasteiger partial charge in [0.25, 0.3) is 5.91 Å². The zero-order valence-corrected chi connectivity index (χ0v) is 12.0. The molecule has 1 aromatic rings. The van der Waals surface area contributed by atoms with Crippen molar-refractivity contribution in [2.75, 3.05) is 13.2 Å². The van der Waals surface area contributed by atoms with E-state index in [1.165, 1.54) is 0 Å². The molecule has 0 aromatic carbocycles. The van der Waals surface area contributed by atoms with Gasteiger partial charge in [-0.05, 0) is 19.8 Å². The molecule has 6 nitrogen and oxygen atoms in total. The van der Waals surface area contributed by atoms with E-state index in [-0.39, 0.29) is 29.3 Å². The van der Waals surface area contributed by atoms with Gasteiger partial charge in [-0.25, -0.2) is 9.78 Å². The largest absolute Gasteiger partial charge is 0.461 e. The first-order chi connectivity index (χ1) is 9.67. The van der Waals surface area contributed by atoms with E-state index in [1.54, 1.807) is 17.2 Å². The van der Waals surface area contributed by atoms with Crippen molar-refractivity contribution in [2.45, 2.75) is 32.2 Å². The van der Waals surface area contributed by atoms with Gasteiger partial charge in [0, 0.05) is 18.0 Å². The van der Waals surface area contributed by atoms with Crippen molar-refractivity contribution >= 4 is 23.2 Å². The maximum Gasteiger partial charge on any atom is 0.367 e. The molecule has 106 valence electrons. The van der Waals surface area contributed by atoms with Gasteiger partial charge in [-0.1, -0.05) is 0 Å². The van der Waals surface area contributed by atoms with Crippen LogP contribution in [-0.4, -0.2) is 41.0 Å². The summed E-state index contributed by atoms with van der Waals surface area (Å²) in [6, 6.07) is 2.25. The Bertz CT molecular complexity index is 545. The number of esters is 1. The van der Waals surface area contributed by atoms with Crippen LogP contribution >= 0.6 is 11.3 Å². The fourth-order valence-corrected chi connectivity index (χ4v) is 2.50. The zero-order valence-electron chi connectivity index (χ0n) is 11.2. The molecule has 1 aliphatic carbocycles. The van der Waals surface area contributed by atoms with E-state index in [0.29, 0.717) is 13.0 Å². The maximum absolute atomic E-state index is 12.3. The summed E-state index contributed by atoms with van der Waals surface area (Å²) in [7, 11) is 0. The lowest BCUT2D eigenvalue weighted by Gasteiger charge is -2.19. The molecule has 0 bridgehead atoms. The third kappa shape index (κ3) is 3.33. The Morgan fingerprint density at radius 1 is 1.60 bits per heavy atom. The van der Waals surface area contributed by atoms with Crippen molar-refractivity contribution in [3.8, 4) is 6.07 Å². The van der Waals surface area contributed by atoms with E-state index in [4.69, 9.17) is 10.00 Å². The minimum Gasteiger partial charge on any atom is -0.461 e. The molecule has 1 heterocycles. The molecule has 1 aromatic heterocycles. The Morgan fingerprint density at radius 3 is 2.95 bits per heavy atom. The lowest BCUT2D eigenvalue weighted by Crippen LogP contribution is -2.34. The first-order valence-corrected chi connectivity index (χ1v) is 7.36. The second-order valence-corrected chi connectivity index (χ2v) is 5.25. The van der Waals surface area contributed by atoms with Crippen LogP contribution in [0.1, 0.15) is 46.5 Å². The molecule has 0 atom stereocenters. The van der Waals surface area contributed by atoms with Gasteiger partial charge in [0.15, 0.2) is 0 Å². The number of amides is 1. The average molecular weight is 293 g/mol. The van der Waals surface area contributed by atoms with E-state index in [2.05, 4.69) is 4.98 Å². The second-order valence-electron chi connectivity index (χ2n) is 4.40. The summed E-state index contributed by atoms with van der Waals surface area (Å²) in [5, 5.41) is 10.4. The van der Waals surface area contributed by atoms with Crippen molar-refractivity contribution in [3.05, 3.63) is 16.1 Å². The monoisotopic (exact) mass is 293 g/mol. The van der Waals surface area contributed by atoms with Crippen molar-refractivity contribution < 1.29 is 14.3 Å². The number of aromatic nitrogens is 1. The predicted molar refractivity (Wildman–Crippen MR) is 72.4 cm³/mol. The van der Waals surface area contributed by atoms with Gasteiger partial charge in [0.05, 0.1) is 19.1 Å². The Kier molecular flexibility index (Phi) is 4.69. The third-order valence-corrected chi connectivity index (χ3v) is 3.71. The number of ether oxygens (including phenoxy) is 1. The number of hydrogen-bond donors (Lipinski definition) is 0. The zero-order chi connectivity index (χ0) is 14.5. The number of hydrogen-bond acceptors (Lipinski definition) is 6. The molecule has 2 rings (SSSR count). The Morgan fingerprint density at radius 2 is 2.35 bits per heavy atom. The van der Waals surface area contributed by atoms with Crippen LogP contribution in [0.25, 0.3) is 0 Å². The number of thiazole rings is 1. The topological polar surface area (TPSA) is 83.3 Å². The number of carbonyl (C=O) groups is 2. The molecule has 7 heteroatoms. The van der Waals surface area contributed by atoms with Gasteiger partial charge < -0.3 is 9.64 Å². The lowest BCUT2D eigenvalue weighted by molar-refractivity contribution is 0.0526. The van der Waals surface area contributed by atoms with Crippen LogP contribution in [0.3, 0.4) is 0 Å². The van der Waals surface area contributed by atoms with Gasteiger partial charge in [-0.2, -0.15) is 5.26 Å². The Hall–Kier alpha value is -1.94. The Balaban J connectivity index is 2.07. The lowest BCUT2D eigenvalue weighted by atomic mass is 10.3. The van der Waals surface area contributed by atoms with E-state index >= 15 is 0 Å². The normalized spacial score (nSPS) is 13.6. The number of nitriles is 1. The molecular formula is C13H15N3O3S. The molecule has 0 spiro atoms. The third-order valence-electron chi connectivity index (χ3n) is 2.89. The standard InChI is InChI=1S/C13H15N3O3S/c1-2-19-13(18)11-15-10(8-20-11)12(17)16(7-3-6-14)9-4-5-9/h8-9H,2-5,7H2,1H3. The summed E-state index contributed by atoms with van der Waals surface area (Å²) in [6.07, 6.45) is 2.23. The molecule has 0 aliphatic heterocycles. The predicted octanol–water partition coefficient (Wildman–Crippen LogP) is 1.84. The van der Waals surface area contributed by atoms with Gasteiger partial charge in [-0.3, -0.25) is 4.79 Å². The highest BCUT2D eigenvalue weighted by atomic mass is 32.1. The first kappa shape index (κ1) is 14.5. The Labute approximate surface area is 121 Å². The fourth-order valence-electron chi connectivity index (χ4n) is 1.81. The molecule has 0 saturated heterocycles. The smallest absolute Gasteiger partial charge is 0.367 e. The van der Waals surface area contributed by atoms with Crippen LogP contribution in [0.15, 0.2) is 5.38 Å². The molecule has 0 N–H and O–H groups in total. The van der Waals surface area contributed by atoms with Crippen molar-refractivity contribution in [1.29, 1.82) is 5.26 Å². The minimum absolute atomic E-state index is 0.186. The summed E-state index contributed by atoms with van der Waals surface area (Å²) < 4.78 is 4.85. The molecule has 1 aliphatic rings. The van der Waals surface area contributed by atoms with Crippen LogP contribution in [0.5, 0.6) is 0 Å². The molecule has 1 saturated carbocycles. The summed E-state index contributed by atoms with van der Waals surface area (Å²) >= 11 is 1.10. The highest BCUT2D eigenvalue weighted by molar-refractivity contribution is 7.11. The summed E-state index contributed by atoms with van der Waals surface area (Å²) in [5.74, 6) is -0.721. The van der Waals surface area contributed by atoms with Gasteiger partial charge in [0.1, 0.15) is 5.69 Å². The van der Waals surface area contributed by atoms with Gasteiger partial charge in [-0.15, -0.1) is 11.3 Å². The summed E-state index contributed by atoms with van der Waals surface area (Å²) in [4.78, 5) is 29.6. The van der Waals surface area contributed by atoms with Crippen molar-refractivity contribution in [2.24, 2.45) is 0 Å². The molecule has 20 heavy (non-hydrogen) atoms. The summed E-state index contributed by atoms with van der Waals surface area (Å²) in [5.41, 5.74) is 0.253. The van der Waals surface area contributed by atoms with Gasteiger partial charge in [0.2, 0.25) is 5.01 Å². The number of rotatable bonds is 6. The number of nitrogens with zero attached hydrogens (tertiary/aromatic N) is 3. The minimum atomic E-state index is -0.508. The van der Waals surface area contributed by atoms with Crippen LogP contribution in [-0.2, 0) is 4.74 Å². The summed E-state index contributed by atoms with van der Waals surface area (Å²) in [6.45, 7) is 2.40. The SMILES string of the molecule is CCOC(=O)c1nc(C(=O)N(CCC#N)C2CC2)cs1. The highest BCUT2D eigenvalue weighted by Crippen LogP contribution is 2.28. The highest BCUT2D eigenvalue weighted by Gasteiger charge is 2.33. The van der Waals surface area contributed by atoms with Crippen LogP contribution in [0, 0.1) is 11.3 Å². The quantitative estimate of drug-likeness (QED) is 0.747. The van der Waals surface area contributed by atoms with E-state index in [1.807, 2.05) is 6.07 Å². The molecular weight excluding hydrogens is 278 g/mol. The van der Waals surface area contributed by atoms with Crippen LogP contribution in [0.4, 0.5) is 0 Å². The van der Waals surface area contributed by atoms with Crippen molar-refractivity contribution in [1.82, 2.24) is 9.88 Å². The fraction of sp³-hybridized carbons (Fsp3) is 0.538.